The molecule has 12 aromatic carbocycles. The Balaban J connectivity index is 0.000000163. The third-order valence-corrected chi connectivity index (χ3v) is 26.4. The normalized spacial score (nSPS) is 16.3. The molecule has 9 heteroatoms. The Bertz CT molecular complexity index is 4690. The molecule has 4 nitrogen and oxygen atoms in total. The van der Waals surface area contributed by atoms with Crippen LogP contribution in [0.2, 0.25) is 13.1 Å². The van der Waals surface area contributed by atoms with Crippen LogP contribution in [0.4, 0.5) is 0 Å². The standard InChI is InChI=1S/2C45H39O2Si.2ClH.Zr/c2*1-28-26-38-34(42-32-16-8-6-14-30(32)22-24-40(42)46-3)18-10-12-20-36(38)44(28)48(5)45-29(2)27-39-35(19-11-13-21-37(39)45)43-33-17-9-7-15-31(33)23-25-41(43)47-4;;;/h2*6-27,34-35H,1-5H3;2*1H;/q2*-2;;;+2/p-2. The molecule has 0 saturated heterocycles. The summed E-state index contributed by atoms with van der Waals surface area (Å²) in [5.41, 5.74) is 21.3. The van der Waals surface area contributed by atoms with Gasteiger partial charge in [0.25, 0.3) is 0 Å². The van der Waals surface area contributed by atoms with Crippen molar-refractivity contribution in [2.75, 3.05) is 28.4 Å². The van der Waals surface area contributed by atoms with Gasteiger partial charge in [-0.1, -0.05) is 211 Å². The van der Waals surface area contributed by atoms with E-state index < -0.39 is 38.4 Å². The quantitative estimate of drug-likeness (QED) is 0.0902. The third-order valence-electron chi connectivity index (χ3n) is 20.8. The van der Waals surface area contributed by atoms with Crippen LogP contribution in [0.15, 0.2) is 243 Å². The Labute approximate surface area is 605 Å². The van der Waals surface area contributed by atoms with E-state index in [0.717, 1.165) is 23.0 Å². The molecule has 99 heavy (non-hydrogen) atoms. The van der Waals surface area contributed by atoms with E-state index in [9.17, 15) is 0 Å². The third kappa shape index (κ3) is 12.3. The van der Waals surface area contributed by atoms with E-state index in [2.05, 4.69) is 308 Å². The summed E-state index contributed by atoms with van der Waals surface area (Å²) >= 11 is -0.826. The Morgan fingerprint density at radius 2 is 0.525 bits per heavy atom. The Morgan fingerprint density at radius 3 is 0.737 bits per heavy atom. The maximum atomic E-state index is 6.02. The maximum absolute atomic E-state index is 6.02. The summed E-state index contributed by atoms with van der Waals surface area (Å²) in [6, 6.07) is 61.6. The van der Waals surface area contributed by atoms with Gasteiger partial charge in [0.05, 0.1) is 28.4 Å². The van der Waals surface area contributed by atoms with Crippen LogP contribution in [-0.2, 0) is 20.8 Å². The Kier molecular flexibility index (Phi) is 19.9. The van der Waals surface area contributed by atoms with E-state index in [1.807, 2.05) is 0 Å². The topological polar surface area (TPSA) is 36.9 Å². The minimum absolute atomic E-state index is 0.0866. The predicted octanol–water partition coefficient (Wildman–Crippen LogP) is 20.8. The molecular weight excluding hydrogens is 1360 g/mol. The summed E-state index contributed by atoms with van der Waals surface area (Å²) in [4.78, 5) is 0. The van der Waals surface area contributed by atoms with E-state index in [4.69, 9.17) is 36.0 Å². The second kappa shape index (κ2) is 29.2. The van der Waals surface area contributed by atoms with Gasteiger partial charge in [0.1, 0.15) is 23.0 Å². The van der Waals surface area contributed by atoms with Crippen LogP contribution in [-0.4, -0.2) is 46.0 Å². The van der Waals surface area contributed by atoms with Crippen molar-refractivity contribution in [3.8, 4) is 23.0 Å². The molecule has 0 amide bonds. The number of aryl methyl sites for hydroxylation is 4. The molecule has 16 rings (SSSR count). The van der Waals surface area contributed by atoms with Gasteiger partial charge < -0.3 is 18.9 Å². The first-order valence-electron chi connectivity index (χ1n) is 33.9. The second-order valence-electron chi connectivity index (χ2n) is 26.1. The van der Waals surface area contributed by atoms with E-state index in [1.165, 1.54) is 153 Å². The van der Waals surface area contributed by atoms with Crippen LogP contribution in [0.25, 0.3) is 67.4 Å². The van der Waals surface area contributed by atoms with Crippen LogP contribution < -0.4 is 39.7 Å². The number of methoxy groups -OCH3 is 4. The first-order chi connectivity index (χ1) is 48.4. The summed E-state index contributed by atoms with van der Waals surface area (Å²) < 4.78 is 24.1. The van der Waals surface area contributed by atoms with Crippen LogP contribution in [0.5, 0.6) is 23.0 Å². The number of fused-ring (bicyclic) bond motifs is 8. The summed E-state index contributed by atoms with van der Waals surface area (Å²) in [6.45, 7) is 14.2. The molecule has 4 aliphatic rings. The summed E-state index contributed by atoms with van der Waals surface area (Å²) in [7, 11) is 14.7. The van der Waals surface area contributed by atoms with Gasteiger partial charge in [-0.05, 0) is 91.0 Å². The zero-order chi connectivity index (χ0) is 68.6. The monoisotopic (exact) mass is 1440 g/mol. The first kappa shape index (κ1) is 67.4. The molecule has 12 aromatic rings. The van der Waals surface area contributed by atoms with Gasteiger partial charge in [0, 0.05) is 39.8 Å². The predicted molar refractivity (Wildman–Crippen MR) is 423 cm³/mol. The van der Waals surface area contributed by atoms with Crippen LogP contribution in [0, 0.1) is 27.7 Å². The van der Waals surface area contributed by atoms with E-state index in [-0.39, 0.29) is 23.7 Å². The van der Waals surface area contributed by atoms with Crippen molar-refractivity contribution in [3.63, 3.8) is 0 Å². The SMILES string of the molecule is COc1ccc2ccccc2c1C1C=CC=Cc2c1cc(C)[c-]2[Si](C)[c-]1c(C)cc2c1C=CC=CC2c1c(OC)ccc2ccccc12.COc1ccc2ccccc2c1C1C=CC=Cc2c1cc(C)[c-]2[Si](C)[c-]1c(C)cc2c1C=CC=CC2c1c(OC)ccc2ccccc12.[Cl][Zr][Cl]. The van der Waals surface area contributed by atoms with Gasteiger partial charge in [0.15, 0.2) is 0 Å². The van der Waals surface area contributed by atoms with Crippen molar-refractivity contribution in [2.45, 2.75) is 64.5 Å². The number of hydrogen-bond donors (Lipinski definition) is 0. The fourth-order valence-corrected chi connectivity index (χ4v) is 22.5. The number of rotatable bonds is 12. The molecule has 4 aliphatic carbocycles. The number of halogens is 2. The van der Waals surface area contributed by atoms with Gasteiger partial charge >= 0.3 is 37.9 Å². The van der Waals surface area contributed by atoms with Gasteiger partial charge in [-0.2, -0.15) is 68.8 Å². The number of hydrogen-bond acceptors (Lipinski definition) is 4. The zero-order valence-electron chi connectivity index (χ0n) is 57.6. The average Bonchev–Trinajstić information content (AvgIpc) is 1.61. The van der Waals surface area contributed by atoms with Gasteiger partial charge in [-0.25, -0.2) is 0 Å². The van der Waals surface area contributed by atoms with Crippen molar-refractivity contribution in [1.82, 2.24) is 0 Å². The molecule has 4 unspecified atom stereocenters. The van der Waals surface area contributed by atoms with Gasteiger partial charge in [-0.3, -0.25) is 0 Å². The molecule has 0 saturated carbocycles. The molecule has 0 aliphatic heterocycles. The van der Waals surface area contributed by atoms with E-state index >= 15 is 0 Å². The minimum atomic E-state index is -1.18. The Morgan fingerprint density at radius 1 is 0.313 bits per heavy atom. The van der Waals surface area contributed by atoms with Crippen LogP contribution in [0.1, 0.15) is 113 Å². The fraction of sp³-hybridized carbons (Fsp3) is 0.156. The molecule has 0 bridgehead atoms. The zero-order valence-corrected chi connectivity index (χ0v) is 63.6. The summed E-state index contributed by atoms with van der Waals surface area (Å²) in [6.07, 6.45) is 36.5. The van der Waals surface area contributed by atoms with Crippen molar-refractivity contribution in [1.29, 1.82) is 0 Å². The molecule has 2 radical (unpaired) electrons. The molecule has 0 spiro atoms. The van der Waals surface area contributed by atoms with Crippen molar-refractivity contribution < 1.29 is 39.8 Å². The molecule has 0 fully saturated rings. The van der Waals surface area contributed by atoms with E-state index in [1.54, 1.807) is 28.4 Å². The van der Waals surface area contributed by atoms with E-state index in [0.29, 0.717) is 0 Å². The van der Waals surface area contributed by atoms with Gasteiger partial charge in [0.2, 0.25) is 0 Å². The summed E-state index contributed by atoms with van der Waals surface area (Å²) in [5, 5.41) is 15.9. The van der Waals surface area contributed by atoms with Crippen molar-refractivity contribution in [3.05, 3.63) is 332 Å². The van der Waals surface area contributed by atoms with Crippen molar-refractivity contribution in [2.24, 2.45) is 0 Å². The number of ether oxygens (including phenoxy) is 4. The molecule has 0 N–H and O–H groups in total. The number of benzene rings is 8. The Hall–Kier alpha value is -8.78. The molecule has 4 atom stereocenters. The van der Waals surface area contributed by atoms with Crippen LogP contribution in [0.3, 0.4) is 0 Å². The molecule has 0 aromatic heterocycles. The van der Waals surface area contributed by atoms with Crippen LogP contribution >= 0.6 is 17.0 Å². The number of allylic oxidation sites excluding steroid dienone is 12. The average molecular weight is 1440 g/mol. The molecule has 492 valence electrons. The fourth-order valence-electron chi connectivity index (χ4n) is 16.8. The molecule has 0 heterocycles. The first-order valence-corrected chi connectivity index (χ1v) is 44.2. The van der Waals surface area contributed by atoms with Gasteiger partial charge in [-0.15, -0.1) is 91.6 Å². The summed E-state index contributed by atoms with van der Waals surface area (Å²) in [5.74, 6) is 4.08. The second-order valence-corrected chi connectivity index (χ2v) is 34.3. The van der Waals surface area contributed by atoms with Crippen molar-refractivity contribution >= 4 is 123 Å². The molecular formula is C90H78Cl2O4Si2Zr-4.